The lowest BCUT2D eigenvalue weighted by Crippen LogP contribution is -2.38. The third-order valence-corrected chi connectivity index (χ3v) is 5.46. The molecule has 0 radical (unpaired) electrons. The van der Waals surface area contributed by atoms with Gasteiger partial charge in [-0.1, -0.05) is 35.2 Å². The van der Waals surface area contributed by atoms with Crippen LogP contribution in [0.2, 0.25) is 0 Å². The van der Waals surface area contributed by atoms with E-state index in [2.05, 4.69) is 21.2 Å². The van der Waals surface area contributed by atoms with E-state index in [-0.39, 0.29) is 30.3 Å². The third-order valence-electron chi connectivity index (χ3n) is 3.82. The van der Waals surface area contributed by atoms with Crippen molar-refractivity contribution in [2.75, 3.05) is 12.4 Å². The molecule has 0 atom stereocenters. The summed E-state index contributed by atoms with van der Waals surface area (Å²) in [4.78, 5) is 24.6. The fourth-order valence-electron chi connectivity index (χ4n) is 2.62. The molecule has 2 rings (SSSR count). The van der Waals surface area contributed by atoms with Gasteiger partial charge < -0.3 is 10.1 Å². The van der Waals surface area contributed by atoms with E-state index in [1.165, 1.54) is 18.2 Å². The highest BCUT2D eigenvalue weighted by atomic mass is 79.9. The molecule has 1 aliphatic rings. The van der Waals surface area contributed by atoms with Gasteiger partial charge in [-0.05, 0) is 43.5 Å². The first-order chi connectivity index (χ1) is 11.0. The highest BCUT2D eigenvalue weighted by Crippen LogP contribution is 2.25. The molecule has 1 aromatic rings. The molecule has 0 aliphatic heterocycles. The van der Waals surface area contributed by atoms with Gasteiger partial charge in [0.2, 0.25) is 0 Å². The average Bonchev–Trinajstić information content (AvgIpc) is 2.53. The number of aryl methyl sites for hydroxylation is 1. The van der Waals surface area contributed by atoms with E-state index >= 15 is 0 Å². The Kier molecular flexibility index (Phi) is 7.43. The van der Waals surface area contributed by atoms with Gasteiger partial charge in [0.15, 0.2) is 6.61 Å². The highest BCUT2D eigenvalue weighted by Gasteiger charge is 2.16. The Hall–Kier alpha value is -1.01. The topological polar surface area (TPSA) is 55.4 Å². The van der Waals surface area contributed by atoms with Gasteiger partial charge in [0.25, 0.3) is 5.91 Å². The first-order valence-corrected chi connectivity index (χ1v) is 9.66. The molecule has 4 nitrogen and oxygen atoms in total. The molecule has 1 N–H and O–H groups in total. The quantitative estimate of drug-likeness (QED) is 0.582. The summed E-state index contributed by atoms with van der Waals surface area (Å²) in [6.07, 6.45) is 5.62. The van der Waals surface area contributed by atoms with Gasteiger partial charge in [-0.3, -0.25) is 9.59 Å². The number of rotatable bonds is 6. The summed E-state index contributed by atoms with van der Waals surface area (Å²) >= 11 is 4.84. The lowest BCUT2D eigenvalue weighted by molar-refractivity contribution is -0.146. The molecule has 0 aromatic heterocycles. The maximum absolute atomic E-state index is 11.8. The van der Waals surface area contributed by atoms with Gasteiger partial charge in [-0.15, -0.1) is 11.8 Å². The molecule has 1 fully saturated rings. The van der Waals surface area contributed by atoms with Gasteiger partial charge >= 0.3 is 5.97 Å². The molecule has 1 aliphatic carbocycles. The van der Waals surface area contributed by atoms with Crippen molar-refractivity contribution in [1.82, 2.24) is 5.32 Å². The minimum atomic E-state index is -0.365. The van der Waals surface area contributed by atoms with Gasteiger partial charge in [0.05, 0.1) is 5.75 Å². The van der Waals surface area contributed by atoms with E-state index in [1.54, 1.807) is 0 Å². The Bertz CT molecular complexity index is 559. The number of benzene rings is 1. The van der Waals surface area contributed by atoms with Crippen LogP contribution in [0.4, 0.5) is 0 Å². The van der Waals surface area contributed by atoms with Crippen molar-refractivity contribution in [3.8, 4) is 0 Å². The van der Waals surface area contributed by atoms with E-state index in [0.717, 1.165) is 40.6 Å². The first-order valence-electron chi connectivity index (χ1n) is 7.88. The predicted octanol–water partition coefficient (Wildman–Crippen LogP) is 3.84. The Morgan fingerprint density at radius 1 is 1.30 bits per heavy atom. The van der Waals surface area contributed by atoms with Crippen LogP contribution >= 0.6 is 27.7 Å². The SMILES string of the molecule is Cc1cc(Br)ccc1SCC(=O)OCC(=O)NC1CCCCC1. The Balaban J connectivity index is 1.67. The number of amides is 1. The molecule has 0 unspecified atom stereocenters. The van der Waals surface area contributed by atoms with Crippen molar-refractivity contribution in [1.29, 1.82) is 0 Å². The highest BCUT2D eigenvalue weighted by molar-refractivity contribution is 9.10. The fourth-order valence-corrected chi connectivity index (χ4v) is 3.90. The van der Waals surface area contributed by atoms with Crippen molar-refractivity contribution >= 4 is 39.6 Å². The van der Waals surface area contributed by atoms with Crippen LogP contribution in [0, 0.1) is 6.92 Å². The monoisotopic (exact) mass is 399 g/mol. The Labute approximate surface area is 149 Å². The summed E-state index contributed by atoms with van der Waals surface area (Å²) < 4.78 is 6.06. The van der Waals surface area contributed by atoms with E-state index in [0.29, 0.717) is 0 Å². The summed E-state index contributed by atoms with van der Waals surface area (Å²) in [5.74, 6) is -0.356. The van der Waals surface area contributed by atoms with Crippen LogP contribution in [0.5, 0.6) is 0 Å². The minimum absolute atomic E-state index is 0.185. The van der Waals surface area contributed by atoms with Crippen LogP contribution in [-0.2, 0) is 14.3 Å². The van der Waals surface area contributed by atoms with Crippen LogP contribution in [0.15, 0.2) is 27.6 Å². The summed E-state index contributed by atoms with van der Waals surface area (Å²) in [5.41, 5.74) is 1.10. The molecule has 0 saturated heterocycles. The zero-order chi connectivity index (χ0) is 16.7. The second-order valence-corrected chi connectivity index (χ2v) is 7.69. The van der Waals surface area contributed by atoms with E-state index in [4.69, 9.17) is 4.74 Å². The van der Waals surface area contributed by atoms with Crippen LogP contribution in [0.25, 0.3) is 0 Å². The molecule has 0 spiro atoms. The zero-order valence-electron chi connectivity index (χ0n) is 13.3. The number of hydrogen-bond acceptors (Lipinski definition) is 4. The number of carbonyl (C=O) groups is 2. The number of halogens is 1. The van der Waals surface area contributed by atoms with Crippen molar-refractivity contribution in [3.63, 3.8) is 0 Å². The Morgan fingerprint density at radius 3 is 2.74 bits per heavy atom. The molecular formula is C17H22BrNO3S. The van der Waals surface area contributed by atoms with Crippen LogP contribution in [0.3, 0.4) is 0 Å². The van der Waals surface area contributed by atoms with Crippen LogP contribution in [0.1, 0.15) is 37.7 Å². The summed E-state index contributed by atoms with van der Waals surface area (Å²) in [5, 5.41) is 2.94. The molecule has 6 heteroatoms. The number of hydrogen-bond donors (Lipinski definition) is 1. The predicted molar refractivity (Wildman–Crippen MR) is 95.6 cm³/mol. The number of ether oxygens (including phenoxy) is 1. The number of nitrogens with one attached hydrogen (secondary N) is 1. The fraction of sp³-hybridized carbons (Fsp3) is 0.529. The summed E-state index contributed by atoms with van der Waals surface area (Å²) in [6, 6.07) is 6.16. The van der Waals surface area contributed by atoms with Gasteiger partial charge in [-0.2, -0.15) is 0 Å². The molecule has 1 saturated carbocycles. The second-order valence-electron chi connectivity index (χ2n) is 5.76. The average molecular weight is 400 g/mol. The normalized spacial score (nSPS) is 15.2. The summed E-state index contributed by atoms with van der Waals surface area (Å²) in [6.45, 7) is 1.81. The zero-order valence-corrected chi connectivity index (χ0v) is 15.7. The van der Waals surface area contributed by atoms with Gasteiger partial charge in [0.1, 0.15) is 0 Å². The van der Waals surface area contributed by atoms with E-state index < -0.39 is 0 Å². The standard InChI is InChI=1S/C17H22BrNO3S/c1-12-9-13(18)7-8-15(12)23-11-17(21)22-10-16(20)19-14-5-3-2-4-6-14/h7-9,14H,2-6,10-11H2,1H3,(H,19,20). The van der Waals surface area contributed by atoms with Crippen molar-refractivity contribution < 1.29 is 14.3 Å². The maximum atomic E-state index is 11.8. The summed E-state index contributed by atoms with van der Waals surface area (Å²) in [7, 11) is 0. The molecule has 0 heterocycles. The largest absolute Gasteiger partial charge is 0.455 e. The molecule has 0 bridgehead atoms. The lowest BCUT2D eigenvalue weighted by Gasteiger charge is -2.22. The smallest absolute Gasteiger partial charge is 0.316 e. The van der Waals surface area contributed by atoms with Crippen molar-refractivity contribution in [3.05, 3.63) is 28.2 Å². The van der Waals surface area contributed by atoms with Crippen molar-refractivity contribution in [2.24, 2.45) is 0 Å². The minimum Gasteiger partial charge on any atom is -0.455 e. The lowest BCUT2D eigenvalue weighted by atomic mass is 9.95. The number of thioether (sulfide) groups is 1. The van der Waals surface area contributed by atoms with Crippen LogP contribution in [-0.4, -0.2) is 30.3 Å². The van der Waals surface area contributed by atoms with Gasteiger partial charge in [0, 0.05) is 15.4 Å². The Morgan fingerprint density at radius 2 is 2.04 bits per heavy atom. The van der Waals surface area contributed by atoms with E-state index in [1.807, 2.05) is 25.1 Å². The molecule has 1 amide bonds. The molecule has 23 heavy (non-hydrogen) atoms. The molecule has 1 aromatic carbocycles. The van der Waals surface area contributed by atoms with Crippen LogP contribution < -0.4 is 5.32 Å². The first kappa shape index (κ1) is 18.3. The van der Waals surface area contributed by atoms with Crippen molar-refractivity contribution in [2.45, 2.75) is 50.0 Å². The molecular weight excluding hydrogens is 378 g/mol. The van der Waals surface area contributed by atoms with Gasteiger partial charge in [-0.25, -0.2) is 0 Å². The maximum Gasteiger partial charge on any atom is 0.316 e. The second kappa shape index (κ2) is 9.33. The number of carbonyl (C=O) groups excluding carboxylic acids is 2. The molecule has 126 valence electrons. The number of esters is 1. The van der Waals surface area contributed by atoms with E-state index in [9.17, 15) is 9.59 Å². The third kappa shape index (κ3) is 6.55.